The van der Waals surface area contributed by atoms with E-state index in [-0.39, 0.29) is 6.10 Å². The van der Waals surface area contributed by atoms with Crippen LogP contribution in [0.4, 0.5) is 0 Å². The van der Waals surface area contributed by atoms with Gasteiger partial charge in [-0.15, -0.1) is 0 Å². The lowest BCUT2D eigenvalue weighted by molar-refractivity contribution is -0.142. The van der Waals surface area contributed by atoms with E-state index in [1.807, 2.05) is 68.4 Å². The Bertz CT molecular complexity index is 680. The third-order valence-corrected chi connectivity index (χ3v) is 2.90. The van der Waals surface area contributed by atoms with Crippen molar-refractivity contribution < 1.29 is 19.5 Å². The monoisotopic (exact) mass is 313 g/mol. The van der Waals surface area contributed by atoms with Gasteiger partial charge in [0.15, 0.2) is 0 Å². The van der Waals surface area contributed by atoms with E-state index in [1.54, 1.807) is 0 Å². The fourth-order valence-corrected chi connectivity index (χ4v) is 2.02. The van der Waals surface area contributed by atoms with Crippen LogP contribution in [0.25, 0.3) is 0 Å². The Morgan fingerprint density at radius 2 is 1.74 bits per heavy atom. The molecule has 0 amide bonds. The highest BCUT2D eigenvalue weighted by Gasteiger charge is 2.14. The summed E-state index contributed by atoms with van der Waals surface area (Å²) in [5.74, 6) is -0.406. The summed E-state index contributed by atoms with van der Waals surface area (Å²) in [6.07, 6.45) is 0.00751. The average molecular weight is 313 g/mol. The second-order valence-electron chi connectivity index (χ2n) is 5.14. The van der Waals surface area contributed by atoms with Gasteiger partial charge in [0.05, 0.1) is 6.10 Å². The number of rotatable bonds is 7. The van der Waals surface area contributed by atoms with Crippen LogP contribution >= 0.6 is 0 Å². The van der Waals surface area contributed by atoms with Gasteiger partial charge in [-0.3, -0.25) is 0 Å². The number of carbonyl (C=O) groups is 1. The fraction of sp³-hybridized carbons (Fsp3) is 0.222. The van der Waals surface area contributed by atoms with Crippen LogP contribution in [0.15, 0.2) is 59.8 Å². The summed E-state index contributed by atoms with van der Waals surface area (Å²) in [7, 11) is 0. The van der Waals surface area contributed by atoms with Gasteiger partial charge in [0, 0.05) is 11.1 Å². The molecule has 0 aromatic heterocycles. The summed E-state index contributed by atoms with van der Waals surface area (Å²) >= 11 is 0. The number of ether oxygens (including phenoxy) is 1. The van der Waals surface area contributed by atoms with Crippen molar-refractivity contribution in [1.29, 1.82) is 0 Å². The number of para-hydroxylation sites is 1. The minimum Gasteiger partial charge on any atom is -0.490 e. The van der Waals surface area contributed by atoms with E-state index >= 15 is 0 Å². The Labute approximate surface area is 135 Å². The third kappa shape index (κ3) is 4.85. The smallest absolute Gasteiger partial charge is 0.344 e. The molecule has 2 aromatic carbocycles. The molecule has 0 aliphatic heterocycles. The van der Waals surface area contributed by atoms with Gasteiger partial charge in [0.2, 0.25) is 6.61 Å². The van der Waals surface area contributed by atoms with Crippen LogP contribution in [0, 0.1) is 0 Å². The standard InChI is InChI=1S/C18H19NO4/c1-13(2)23-16-11-7-6-10-15(16)18(19-22-12-17(20)21)14-8-4-3-5-9-14/h3-11,13H,12H2,1-2H3,(H,20,21). The van der Waals surface area contributed by atoms with Gasteiger partial charge < -0.3 is 14.7 Å². The Balaban J connectivity index is 2.44. The fourth-order valence-electron chi connectivity index (χ4n) is 2.02. The van der Waals surface area contributed by atoms with Crippen LogP contribution in [0.1, 0.15) is 25.0 Å². The summed E-state index contributed by atoms with van der Waals surface area (Å²) in [4.78, 5) is 15.6. The van der Waals surface area contributed by atoms with E-state index in [1.165, 1.54) is 0 Å². The zero-order valence-electron chi connectivity index (χ0n) is 13.1. The molecule has 0 fully saturated rings. The number of benzene rings is 2. The van der Waals surface area contributed by atoms with E-state index in [0.717, 1.165) is 11.1 Å². The molecule has 23 heavy (non-hydrogen) atoms. The zero-order valence-corrected chi connectivity index (χ0v) is 13.1. The highest BCUT2D eigenvalue weighted by Crippen LogP contribution is 2.23. The quantitative estimate of drug-likeness (QED) is 0.629. The second kappa shape index (κ2) is 7.98. The minimum absolute atomic E-state index is 0.00751. The van der Waals surface area contributed by atoms with Crippen LogP contribution in [-0.4, -0.2) is 29.5 Å². The summed E-state index contributed by atoms with van der Waals surface area (Å²) in [6, 6.07) is 16.9. The van der Waals surface area contributed by atoms with Crippen LogP contribution in [0.3, 0.4) is 0 Å². The molecule has 0 aliphatic carbocycles. The van der Waals surface area contributed by atoms with Crippen LogP contribution in [-0.2, 0) is 9.63 Å². The van der Waals surface area contributed by atoms with Crippen molar-refractivity contribution in [1.82, 2.24) is 0 Å². The molecule has 0 saturated heterocycles. The predicted octanol–water partition coefficient (Wildman–Crippen LogP) is 3.33. The molecule has 120 valence electrons. The number of carboxylic acids is 1. The first-order chi connectivity index (χ1) is 11.1. The molecule has 0 radical (unpaired) electrons. The zero-order chi connectivity index (χ0) is 16.7. The third-order valence-electron chi connectivity index (χ3n) is 2.90. The first-order valence-corrected chi connectivity index (χ1v) is 7.31. The number of hydrogen-bond donors (Lipinski definition) is 1. The van der Waals surface area contributed by atoms with Gasteiger partial charge in [0.1, 0.15) is 11.5 Å². The highest BCUT2D eigenvalue weighted by molar-refractivity contribution is 6.14. The molecule has 0 heterocycles. The maximum absolute atomic E-state index is 10.6. The lowest BCUT2D eigenvalue weighted by Gasteiger charge is -2.15. The topological polar surface area (TPSA) is 68.1 Å². The van der Waals surface area contributed by atoms with Crippen LogP contribution < -0.4 is 4.74 Å². The second-order valence-corrected chi connectivity index (χ2v) is 5.14. The van der Waals surface area contributed by atoms with Crippen molar-refractivity contribution in [2.75, 3.05) is 6.61 Å². The number of aliphatic carboxylic acids is 1. The maximum Gasteiger partial charge on any atom is 0.344 e. The highest BCUT2D eigenvalue weighted by atomic mass is 16.6. The summed E-state index contributed by atoms with van der Waals surface area (Å²) in [5, 5.41) is 12.8. The Morgan fingerprint density at radius 1 is 1.09 bits per heavy atom. The molecule has 5 heteroatoms. The van der Waals surface area contributed by atoms with Gasteiger partial charge in [-0.2, -0.15) is 0 Å². The summed E-state index contributed by atoms with van der Waals surface area (Å²) < 4.78 is 5.82. The molecule has 5 nitrogen and oxygen atoms in total. The van der Waals surface area contributed by atoms with Gasteiger partial charge in [-0.1, -0.05) is 47.6 Å². The molecule has 0 bridgehead atoms. The van der Waals surface area contributed by atoms with Gasteiger partial charge in [0.25, 0.3) is 0 Å². The van der Waals surface area contributed by atoms with Gasteiger partial charge in [-0.05, 0) is 26.0 Å². The maximum atomic E-state index is 10.6. The van der Waals surface area contributed by atoms with Gasteiger partial charge >= 0.3 is 5.97 Å². The molecule has 0 aliphatic rings. The van der Waals surface area contributed by atoms with E-state index in [4.69, 9.17) is 14.7 Å². The van der Waals surface area contributed by atoms with Gasteiger partial charge in [-0.25, -0.2) is 4.79 Å². The summed E-state index contributed by atoms with van der Waals surface area (Å²) in [6.45, 7) is 3.39. The first kappa shape index (κ1) is 16.5. The minimum atomic E-state index is -1.08. The van der Waals surface area contributed by atoms with Crippen molar-refractivity contribution in [2.45, 2.75) is 20.0 Å². The number of hydrogen-bond acceptors (Lipinski definition) is 4. The summed E-state index contributed by atoms with van der Waals surface area (Å²) in [5.41, 5.74) is 2.10. The van der Waals surface area contributed by atoms with E-state index in [9.17, 15) is 4.79 Å². The van der Waals surface area contributed by atoms with Crippen LogP contribution in [0.5, 0.6) is 5.75 Å². The molecule has 2 rings (SSSR count). The molecule has 0 saturated carbocycles. The lowest BCUT2D eigenvalue weighted by Crippen LogP contribution is -2.12. The van der Waals surface area contributed by atoms with Crippen molar-refractivity contribution in [3.05, 3.63) is 65.7 Å². The normalized spacial score (nSPS) is 11.3. The van der Waals surface area contributed by atoms with E-state index in [0.29, 0.717) is 11.5 Å². The number of carboxylic acid groups (broad SMARTS) is 1. The molecule has 0 atom stereocenters. The van der Waals surface area contributed by atoms with Crippen molar-refractivity contribution in [2.24, 2.45) is 5.16 Å². The molecular weight excluding hydrogens is 294 g/mol. The number of oxime groups is 1. The Morgan fingerprint density at radius 3 is 2.39 bits per heavy atom. The molecular formula is C18H19NO4. The van der Waals surface area contributed by atoms with E-state index in [2.05, 4.69) is 5.16 Å². The molecule has 0 unspecified atom stereocenters. The number of nitrogens with zero attached hydrogens (tertiary/aromatic N) is 1. The largest absolute Gasteiger partial charge is 0.490 e. The van der Waals surface area contributed by atoms with Crippen molar-refractivity contribution in [3.8, 4) is 5.75 Å². The van der Waals surface area contributed by atoms with Crippen LogP contribution in [0.2, 0.25) is 0 Å². The SMILES string of the molecule is CC(C)Oc1ccccc1C(=NOCC(=O)O)c1ccccc1. The lowest BCUT2D eigenvalue weighted by atomic mass is 10.0. The molecule has 0 spiro atoms. The molecule has 1 N–H and O–H groups in total. The Kier molecular flexibility index (Phi) is 5.74. The Hall–Kier alpha value is -2.82. The van der Waals surface area contributed by atoms with Crippen molar-refractivity contribution in [3.63, 3.8) is 0 Å². The first-order valence-electron chi connectivity index (χ1n) is 7.31. The average Bonchev–Trinajstić information content (AvgIpc) is 2.52. The predicted molar refractivity (Wildman–Crippen MR) is 87.9 cm³/mol. The van der Waals surface area contributed by atoms with Crippen molar-refractivity contribution >= 4 is 11.7 Å². The molecule has 2 aromatic rings. The van der Waals surface area contributed by atoms with E-state index < -0.39 is 12.6 Å².